The lowest BCUT2D eigenvalue weighted by Crippen LogP contribution is -2.27. The second kappa shape index (κ2) is 5.52. The number of allylic oxidation sites excluding steroid dienone is 1. The van der Waals surface area contributed by atoms with Crippen molar-refractivity contribution in [3.05, 3.63) is 41.2 Å². The molecule has 1 aliphatic heterocycles. The highest BCUT2D eigenvalue weighted by Gasteiger charge is 2.61. The molecule has 26 heavy (non-hydrogen) atoms. The molecule has 0 saturated heterocycles. The molecule has 1 spiro atoms. The zero-order valence-electron chi connectivity index (χ0n) is 15.3. The summed E-state index contributed by atoms with van der Waals surface area (Å²) >= 11 is 0. The van der Waals surface area contributed by atoms with Crippen molar-refractivity contribution in [2.75, 3.05) is 5.88 Å². The molecule has 0 aromatic heterocycles. The SMILES string of the molecule is Cc1ccc(S(=O)(=O)C/N=C2/OC3=C(C(=O)CC(C)(C)C3)C23CC3)cc1. The third kappa shape index (κ3) is 2.80. The molecule has 1 fully saturated rings. The number of ketones is 1. The molecule has 0 N–H and O–H groups in total. The van der Waals surface area contributed by atoms with Crippen molar-refractivity contribution in [3.63, 3.8) is 0 Å². The van der Waals surface area contributed by atoms with E-state index in [1.807, 2.05) is 6.92 Å². The van der Waals surface area contributed by atoms with Gasteiger partial charge in [0.05, 0.1) is 10.3 Å². The Bertz CT molecular complexity index is 948. The maximum absolute atomic E-state index is 12.6. The Morgan fingerprint density at radius 1 is 1.12 bits per heavy atom. The minimum Gasteiger partial charge on any atom is -0.446 e. The van der Waals surface area contributed by atoms with E-state index in [9.17, 15) is 13.2 Å². The molecule has 1 aromatic rings. The lowest BCUT2D eigenvalue weighted by molar-refractivity contribution is -0.118. The van der Waals surface area contributed by atoms with E-state index in [0.29, 0.717) is 24.5 Å². The van der Waals surface area contributed by atoms with Gasteiger partial charge in [-0.25, -0.2) is 13.4 Å². The minimum absolute atomic E-state index is 0.125. The molecule has 6 heteroatoms. The highest BCUT2D eigenvalue weighted by atomic mass is 32.2. The molecule has 0 bridgehead atoms. The molecule has 3 aliphatic rings. The Hall–Kier alpha value is -1.95. The lowest BCUT2D eigenvalue weighted by Gasteiger charge is -2.28. The first kappa shape index (κ1) is 17.5. The molecule has 1 saturated carbocycles. The fraction of sp³-hybridized carbons (Fsp3) is 0.500. The van der Waals surface area contributed by atoms with Crippen molar-refractivity contribution in [1.29, 1.82) is 0 Å². The molecule has 138 valence electrons. The highest BCUT2D eigenvalue weighted by Crippen LogP contribution is 2.61. The third-order valence-corrected chi connectivity index (χ3v) is 6.91. The highest BCUT2D eigenvalue weighted by molar-refractivity contribution is 7.91. The van der Waals surface area contributed by atoms with Crippen molar-refractivity contribution in [1.82, 2.24) is 0 Å². The normalized spacial score (nSPS) is 24.7. The largest absolute Gasteiger partial charge is 0.446 e. The number of fused-ring (bicyclic) bond motifs is 1. The first-order valence-corrected chi connectivity index (χ1v) is 10.6. The standard InChI is InChI=1S/C20H23NO4S/c1-13-4-6-14(7-5-13)26(23,24)12-21-18-20(8-9-20)17-15(22)10-19(2,3)11-16(17)25-18/h4-7H,8-12H2,1-3H3/b21-18+. The lowest BCUT2D eigenvalue weighted by atomic mass is 9.74. The van der Waals surface area contributed by atoms with Crippen LogP contribution in [0, 0.1) is 17.8 Å². The number of ether oxygens (including phenoxy) is 1. The van der Waals surface area contributed by atoms with E-state index in [0.717, 1.165) is 24.0 Å². The van der Waals surface area contributed by atoms with Gasteiger partial charge in [0, 0.05) is 18.4 Å². The van der Waals surface area contributed by atoms with Gasteiger partial charge < -0.3 is 4.74 Å². The number of sulfone groups is 1. The fourth-order valence-corrected chi connectivity index (χ4v) is 4.93. The van der Waals surface area contributed by atoms with Gasteiger partial charge in [0.1, 0.15) is 11.6 Å². The van der Waals surface area contributed by atoms with E-state index in [-0.39, 0.29) is 22.0 Å². The second-order valence-corrected chi connectivity index (χ2v) is 10.4. The van der Waals surface area contributed by atoms with Crippen molar-refractivity contribution >= 4 is 21.5 Å². The van der Waals surface area contributed by atoms with Crippen LogP contribution in [0.25, 0.3) is 0 Å². The summed E-state index contributed by atoms with van der Waals surface area (Å²) in [6, 6.07) is 6.75. The number of rotatable bonds is 3. The van der Waals surface area contributed by atoms with Crippen molar-refractivity contribution in [3.8, 4) is 0 Å². The monoisotopic (exact) mass is 373 g/mol. The summed E-state index contributed by atoms with van der Waals surface area (Å²) in [6.45, 7) is 6.01. The van der Waals surface area contributed by atoms with Gasteiger partial charge in [0.15, 0.2) is 15.6 Å². The van der Waals surface area contributed by atoms with Gasteiger partial charge >= 0.3 is 0 Å². The molecule has 0 amide bonds. The summed E-state index contributed by atoms with van der Waals surface area (Å²) in [5.41, 5.74) is 1.17. The van der Waals surface area contributed by atoms with E-state index in [1.165, 1.54) is 0 Å². The van der Waals surface area contributed by atoms with Gasteiger partial charge in [0.2, 0.25) is 5.90 Å². The quantitative estimate of drug-likeness (QED) is 0.812. The number of hydrogen-bond donors (Lipinski definition) is 0. The second-order valence-electron chi connectivity index (χ2n) is 8.44. The van der Waals surface area contributed by atoms with Crippen LogP contribution in [0.5, 0.6) is 0 Å². The molecular weight excluding hydrogens is 350 g/mol. The maximum Gasteiger partial charge on any atom is 0.201 e. The summed E-state index contributed by atoms with van der Waals surface area (Å²) in [4.78, 5) is 17.2. The average Bonchev–Trinajstić information content (AvgIpc) is 3.24. The van der Waals surface area contributed by atoms with E-state index in [1.54, 1.807) is 24.3 Å². The molecule has 1 heterocycles. The first-order valence-electron chi connectivity index (χ1n) is 8.92. The summed E-state index contributed by atoms with van der Waals surface area (Å²) < 4.78 is 31.1. The predicted octanol–water partition coefficient (Wildman–Crippen LogP) is 3.58. The van der Waals surface area contributed by atoms with Crippen LogP contribution < -0.4 is 0 Å². The molecule has 4 rings (SSSR count). The van der Waals surface area contributed by atoms with Crippen LogP contribution >= 0.6 is 0 Å². The van der Waals surface area contributed by atoms with Crippen LogP contribution in [0.3, 0.4) is 0 Å². The van der Waals surface area contributed by atoms with Gasteiger partial charge in [-0.1, -0.05) is 31.5 Å². The van der Waals surface area contributed by atoms with Crippen LogP contribution in [-0.2, 0) is 19.4 Å². The fourth-order valence-electron chi connectivity index (χ4n) is 3.94. The van der Waals surface area contributed by atoms with E-state index in [2.05, 4.69) is 18.8 Å². The molecule has 0 unspecified atom stereocenters. The van der Waals surface area contributed by atoms with Crippen molar-refractivity contribution < 1.29 is 17.9 Å². The number of aliphatic imine (C=N–C) groups is 1. The summed E-state index contributed by atoms with van der Waals surface area (Å²) in [6.07, 6.45) is 2.81. The van der Waals surface area contributed by atoms with Crippen LogP contribution in [0.2, 0.25) is 0 Å². The molecule has 2 aliphatic carbocycles. The Kier molecular flexibility index (Phi) is 3.71. The summed E-state index contributed by atoms with van der Waals surface area (Å²) in [5.74, 6) is 0.894. The van der Waals surface area contributed by atoms with E-state index >= 15 is 0 Å². The zero-order valence-corrected chi connectivity index (χ0v) is 16.1. The smallest absolute Gasteiger partial charge is 0.201 e. The third-order valence-electron chi connectivity index (χ3n) is 5.45. The number of nitrogens with zero attached hydrogens (tertiary/aromatic N) is 1. The Morgan fingerprint density at radius 2 is 1.77 bits per heavy atom. The van der Waals surface area contributed by atoms with Gasteiger partial charge in [0.25, 0.3) is 0 Å². The van der Waals surface area contributed by atoms with Crippen molar-refractivity contribution in [2.45, 2.75) is 51.3 Å². The number of hydrogen-bond acceptors (Lipinski definition) is 5. The van der Waals surface area contributed by atoms with Gasteiger partial charge in [-0.15, -0.1) is 0 Å². The summed E-state index contributed by atoms with van der Waals surface area (Å²) in [5, 5.41) is 0. The molecule has 0 radical (unpaired) electrons. The van der Waals surface area contributed by atoms with Gasteiger partial charge in [-0.05, 0) is 37.3 Å². The first-order chi connectivity index (χ1) is 12.1. The zero-order chi connectivity index (χ0) is 18.7. The van der Waals surface area contributed by atoms with Crippen molar-refractivity contribution in [2.24, 2.45) is 15.8 Å². The molecule has 0 atom stereocenters. The topological polar surface area (TPSA) is 72.8 Å². The van der Waals surface area contributed by atoms with Crippen LogP contribution in [0.15, 0.2) is 45.5 Å². The van der Waals surface area contributed by atoms with Crippen LogP contribution in [-0.4, -0.2) is 26.0 Å². The maximum atomic E-state index is 12.6. The number of carbonyl (C=O) groups is 1. The van der Waals surface area contributed by atoms with Crippen LogP contribution in [0.1, 0.15) is 45.1 Å². The average molecular weight is 373 g/mol. The number of carbonyl (C=O) groups excluding carboxylic acids is 1. The molecule has 5 nitrogen and oxygen atoms in total. The molecule has 1 aromatic carbocycles. The Morgan fingerprint density at radius 3 is 2.38 bits per heavy atom. The predicted molar refractivity (Wildman–Crippen MR) is 98.5 cm³/mol. The number of aryl methyl sites for hydroxylation is 1. The van der Waals surface area contributed by atoms with Gasteiger partial charge in [-0.3, -0.25) is 4.79 Å². The number of Topliss-reactive ketones (excluding diaryl/α,β-unsaturated/α-hetero) is 1. The molecular formula is C20H23NO4S. The summed E-state index contributed by atoms with van der Waals surface area (Å²) in [7, 11) is -3.53. The van der Waals surface area contributed by atoms with E-state index in [4.69, 9.17) is 4.74 Å². The Balaban J connectivity index is 1.61. The minimum atomic E-state index is -3.53. The number of benzene rings is 1. The van der Waals surface area contributed by atoms with E-state index < -0.39 is 15.3 Å². The Labute approximate surface area is 154 Å². The van der Waals surface area contributed by atoms with Crippen LogP contribution in [0.4, 0.5) is 0 Å². The van der Waals surface area contributed by atoms with Gasteiger partial charge in [-0.2, -0.15) is 0 Å².